The molecule has 0 unspecified atom stereocenters. The molecule has 0 aromatic rings. The molecule has 0 N–H and O–H groups in total. The summed E-state index contributed by atoms with van der Waals surface area (Å²) in [6.07, 6.45) is 2.11. The van der Waals surface area contributed by atoms with Crippen molar-refractivity contribution in [1.82, 2.24) is 0 Å². The number of ketones is 2. The van der Waals surface area contributed by atoms with E-state index in [0.717, 1.165) is 12.2 Å². The molecule has 0 aromatic heterocycles. The average Bonchev–Trinajstić information content (AvgIpc) is 1.79. The minimum atomic E-state index is -0.187. The van der Waals surface area contributed by atoms with Gasteiger partial charge in [-0.15, -0.1) is 11.5 Å². The van der Waals surface area contributed by atoms with Gasteiger partial charge in [-0.25, -0.2) is 0 Å². The normalized spacial score (nSPS) is 10.7. The van der Waals surface area contributed by atoms with Gasteiger partial charge in [0.2, 0.25) is 0 Å². The minimum Gasteiger partial charge on any atom is -0.876 e. The number of rotatable bonds is 2. The first kappa shape index (κ1) is 19.5. The van der Waals surface area contributed by atoms with Crippen LogP contribution in [0.4, 0.5) is 0 Å². The fourth-order valence-electron chi connectivity index (χ4n) is 0.572. The second kappa shape index (κ2) is 11.0. The van der Waals surface area contributed by atoms with Crippen molar-refractivity contribution < 1.29 is 36.9 Å². The first-order valence-corrected chi connectivity index (χ1v) is 3.97. The number of allylic oxidation sites excluding steroid dienone is 4. The third kappa shape index (κ3) is 32.2. The van der Waals surface area contributed by atoms with Gasteiger partial charge >= 0.3 is 17.1 Å². The summed E-state index contributed by atoms with van der Waals surface area (Å²) in [7, 11) is 0. The molecule has 0 saturated carbocycles. The summed E-state index contributed by atoms with van der Waals surface area (Å²) in [6, 6.07) is 0. The van der Waals surface area contributed by atoms with Crippen LogP contribution in [-0.2, 0) is 26.7 Å². The summed E-state index contributed by atoms with van der Waals surface area (Å²) < 4.78 is 0. The predicted octanol–water partition coefficient (Wildman–Crippen LogP) is -0.324. The zero-order chi connectivity index (χ0) is 11.7. The molecule has 0 fully saturated rings. The van der Waals surface area contributed by atoms with E-state index < -0.39 is 0 Å². The fraction of sp³-hybridized carbons (Fsp3) is 0.400. The summed E-state index contributed by atoms with van der Waals surface area (Å²) in [5, 5.41) is 20.0. The Hall–Kier alpha value is -1.06. The van der Waals surface area contributed by atoms with Gasteiger partial charge in [0.25, 0.3) is 0 Å². The van der Waals surface area contributed by atoms with E-state index in [4.69, 9.17) is 0 Å². The Labute approximate surface area is 100 Å². The second-order valence-corrected chi connectivity index (χ2v) is 2.73. The van der Waals surface area contributed by atoms with E-state index in [1.54, 1.807) is 0 Å². The SMILES string of the molecule is CC(=O)C=C(C)[O-].CC(=O)C=C(C)[O-].[Fe+2]. The number of hydrogen-bond donors (Lipinski definition) is 0. The largest absolute Gasteiger partial charge is 2.00 e. The Kier molecular flexibility index (Phi) is 14.3. The zero-order valence-corrected chi connectivity index (χ0v) is 10.2. The molecule has 0 spiro atoms. The molecule has 0 radical (unpaired) electrons. The van der Waals surface area contributed by atoms with Gasteiger partial charge in [0.05, 0.1) is 0 Å². The van der Waals surface area contributed by atoms with Crippen LogP contribution in [-0.4, -0.2) is 11.6 Å². The average molecular weight is 254 g/mol. The van der Waals surface area contributed by atoms with E-state index in [1.165, 1.54) is 27.7 Å². The summed E-state index contributed by atoms with van der Waals surface area (Å²) >= 11 is 0. The molecule has 4 nitrogen and oxygen atoms in total. The molecule has 0 atom stereocenters. The van der Waals surface area contributed by atoms with Gasteiger partial charge in [0, 0.05) is 0 Å². The van der Waals surface area contributed by atoms with Crippen molar-refractivity contribution in [1.29, 1.82) is 0 Å². The molecule has 0 heterocycles. The van der Waals surface area contributed by atoms with Crippen LogP contribution < -0.4 is 10.2 Å². The predicted molar refractivity (Wildman–Crippen MR) is 48.9 cm³/mol. The van der Waals surface area contributed by atoms with Gasteiger partial charge in [-0.1, -0.05) is 13.8 Å². The first-order chi connectivity index (χ1) is 6.25. The number of carbonyl (C=O) groups is 2. The smallest absolute Gasteiger partial charge is 0.876 e. The van der Waals surface area contributed by atoms with Crippen molar-refractivity contribution in [2.45, 2.75) is 27.7 Å². The summed E-state index contributed by atoms with van der Waals surface area (Å²) in [5.74, 6) is -0.750. The van der Waals surface area contributed by atoms with Crippen LogP contribution in [0.15, 0.2) is 23.7 Å². The minimum absolute atomic E-state index is 0. The van der Waals surface area contributed by atoms with Gasteiger partial charge in [0.1, 0.15) is 0 Å². The van der Waals surface area contributed by atoms with Crippen molar-refractivity contribution in [3.05, 3.63) is 23.7 Å². The molecule has 15 heavy (non-hydrogen) atoms. The Morgan fingerprint density at radius 3 is 1.00 bits per heavy atom. The van der Waals surface area contributed by atoms with Crippen LogP contribution in [0, 0.1) is 0 Å². The molecule has 0 aliphatic rings. The molecule has 0 amide bonds. The van der Waals surface area contributed by atoms with E-state index in [9.17, 15) is 19.8 Å². The molecule has 5 heteroatoms. The summed E-state index contributed by atoms with van der Waals surface area (Å²) in [4.78, 5) is 20.0. The summed E-state index contributed by atoms with van der Waals surface area (Å²) in [5.41, 5.74) is 0. The van der Waals surface area contributed by atoms with Crippen LogP contribution in [0.3, 0.4) is 0 Å². The zero-order valence-electron chi connectivity index (χ0n) is 9.14. The molecule has 0 rings (SSSR count). The van der Waals surface area contributed by atoms with Crippen LogP contribution >= 0.6 is 0 Å². The number of hydrogen-bond acceptors (Lipinski definition) is 4. The number of carbonyl (C=O) groups excluding carboxylic acids is 2. The first-order valence-electron chi connectivity index (χ1n) is 3.97. The molecule has 0 bridgehead atoms. The Morgan fingerprint density at radius 1 is 0.800 bits per heavy atom. The standard InChI is InChI=1S/2C5H8O2.Fe/c2*1-4(6)3-5(2)7;/h2*3,6H,1-2H3;/q;;+2/p-2. The molecule has 0 saturated heterocycles. The van der Waals surface area contributed by atoms with Crippen LogP contribution in [0.5, 0.6) is 0 Å². The van der Waals surface area contributed by atoms with Crippen molar-refractivity contribution in [2.24, 2.45) is 0 Å². The van der Waals surface area contributed by atoms with Gasteiger partial charge in [-0.05, 0) is 26.0 Å². The van der Waals surface area contributed by atoms with Crippen molar-refractivity contribution >= 4 is 11.6 Å². The molecular weight excluding hydrogens is 240 g/mol. The molecule has 0 aliphatic carbocycles. The van der Waals surface area contributed by atoms with E-state index in [1.807, 2.05) is 0 Å². The van der Waals surface area contributed by atoms with Gasteiger partial charge in [-0.3, -0.25) is 9.59 Å². The maximum absolute atomic E-state index is 9.98. The van der Waals surface area contributed by atoms with Gasteiger partial charge in [-0.2, -0.15) is 0 Å². The quantitative estimate of drug-likeness (QED) is 0.384. The van der Waals surface area contributed by atoms with Crippen molar-refractivity contribution in [3.63, 3.8) is 0 Å². The second-order valence-electron chi connectivity index (χ2n) is 2.73. The molecular formula is C10H14FeO4. The Bertz CT molecular complexity index is 231. The van der Waals surface area contributed by atoms with E-state index in [0.29, 0.717) is 0 Å². The third-order valence-corrected chi connectivity index (χ3v) is 0.813. The van der Waals surface area contributed by atoms with E-state index >= 15 is 0 Å². The van der Waals surface area contributed by atoms with E-state index in [2.05, 4.69) is 0 Å². The van der Waals surface area contributed by atoms with Gasteiger partial charge < -0.3 is 10.2 Å². The van der Waals surface area contributed by atoms with Gasteiger partial charge in [0.15, 0.2) is 11.6 Å². The maximum atomic E-state index is 9.98. The monoisotopic (exact) mass is 254 g/mol. The maximum Gasteiger partial charge on any atom is 2.00 e. The van der Waals surface area contributed by atoms with E-state index in [-0.39, 0.29) is 40.2 Å². The molecule has 0 aliphatic heterocycles. The molecule has 86 valence electrons. The van der Waals surface area contributed by atoms with Crippen LogP contribution in [0.1, 0.15) is 27.7 Å². The Morgan fingerprint density at radius 2 is 1.00 bits per heavy atom. The topological polar surface area (TPSA) is 80.3 Å². The van der Waals surface area contributed by atoms with Crippen molar-refractivity contribution in [3.8, 4) is 0 Å². The van der Waals surface area contributed by atoms with Crippen molar-refractivity contribution in [2.75, 3.05) is 0 Å². The third-order valence-electron chi connectivity index (χ3n) is 0.813. The molecule has 0 aromatic carbocycles. The Balaban J connectivity index is -0.000000180. The van der Waals surface area contributed by atoms with Crippen LogP contribution in [0.2, 0.25) is 0 Å². The summed E-state index contributed by atoms with van der Waals surface area (Å²) in [6.45, 7) is 5.39. The van der Waals surface area contributed by atoms with Crippen LogP contribution in [0.25, 0.3) is 0 Å². The fourth-order valence-corrected chi connectivity index (χ4v) is 0.572.